The van der Waals surface area contributed by atoms with Crippen LogP contribution in [0, 0.1) is 0 Å². The molecule has 2 aromatic rings. The van der Waals surface area contributed by atoms with E-state index in [2.05, 4.69) is 26.2 Å². The van der Waals surface area contributed by atoms with Crippen molar-refractivity contribution in [2.45, 2.75) is 0 Å². The topological polar surface area (TPSA) is 71.5 Å². The van der Waals surface area contributed by atoms with Crippen LogP contribution in [-0.2, 0) is 0 Å². The van der Waals surface area contributed by atoms with E-state index in [-0.39, 0.29) is 11.7 Å². The lowest BCUT2D eigenvalue weighted by Crippen LogP contribution is -2.13. The molecule has 0 aliphatic heterocycles. The fourth-order valence-electron chi connectivity index (χ4n) is 1.49. The molecular weight excluding hydrogens is 312 g/mol. The lowest BCUT2D eigenvalue weighted by molar-refractivity contribution is 0.102. The maximum absolute atomic E-state index is 12.0. The molecule has 1 aromatic heterocycles. The minimum atomic E-state index is -0.364. The van der Waals surface area contributed by atoms with Crippen molar-refractivity contribution in [2.75, 3.05) is 12.4 Å². The number of methoxy groups -OCH3 is 1. The van der Waals surface area contributed by atoms with E-state index < -0.39 is 0 Å². The number of halogens is 1. The van der Waals surface area contributed by atoms with Crippen LogP contribution in [0.25, 0.3) is 0 Å². The molecule has 0 aliphatic carbocycles. The van der Waals surface area contributed by atoms with Crippen molar-refractivity contribution < 1.29 is 14.6 Å². The summed E-state index contributed by atoms with van der Waals surface area (Å²) in [6.45, 7) is 0. The van der Waals surface area contributed by atoms with Gasteiger partial charge >= 0.3 is 0 Å². The number of hydrogen-bond donors (Lipinski definition) is 2. The zero-order valence-corrected chi connectivity index (χ0v) is 11.6. The highest BCUT2D eigenvalue weighted by Crippen LogP contribution is 2.27. The Hall–Kier alpha value is -2.08. The van der Waals surface area contributed by atoms with Crippen LogP contribution in [0.15, 0.2) is 41.0 Å². The van der Waals surface area contributed by atoms with Gasteiger partial charge in [0.2, 0.25) is 0 Å². The quantitative estimate of drug-likeness (QED) is 0.911. The third kappa shape index (κ3) is 3.03. The predicted octanol–water partition coefficient (Wildman–Crippen LogP) is 2.81. The van der Waals surface area contributed by atoms with E-state index in [0.717, 1.165) is 0 Å². The Bertz CT molecular complexity index is 617. The average Bonchev–Trinajstić information content (AvgIpc) is 2.41. The summed E-state index contributed by atoms with van der Waals surface area (Å²) in [5, 5.41) is 12.3. The van der Waals surface area contributed by atoms with E-state index in [9.17, 15) is 9.90 Å². The van der Waals surface area contributed by atoms with Crippen LogP contribution in [0.5, 0.6) is 11.5 Å². The minimum absolute atomic E-state index is 0.0877. The van der Waals surface area contributed by atoms with Gasteiger partial charge < -0.3 is 15.2 Å². The molecule has 98 valence electrons. The zero-order chi connectivity index (χ0) is 13.8. The number of ether oxygens (including phenoxy) is 1. The van der Waals surface area contributed by atoms with Crippen molar-refractivity contribution in [3.05, 3.63) is 46.6 Å². The number of phenolic OH excluding ortho intramolecular Hbond substituents is 1. The first-order valence-corrected chi connectivity index (χ1v) is 6.20. The smallest absolute Gasteiger partial charge is 0.256 e. The first kappa shape index (κ1) is 13.4. The molecular formula is C13H11BrN2O3. The number of hydrogen-bond acceptors (Lipinski definition) is 4. The highest BCUT2D eigenvalue weighted by Gasteiger charge is 2.11. The Morgan fingerprint density at radius 1 is 1.42 bits per heavy atom. The first-order chi connectivity index (χ1) is 9.11. The Balaban J connectivity index is 2.21. The van der Waals surface area contributed by atoms with Gasteiger partial charge in [-0.05, 0) is 46.3 Å². The van der Waals surface area contributed by atoms with Gasteiger partial charge in [0.05, 0.1) is 11.6 Å². The number of carbonyl (C=O) groups excluding carboxylic acids is 1. The maximum atomic E-state index is 12.0. The number of benzene rings is 1. The second-order valence-corrected chi connectivity index (χ2v) is 4.53. The van der Waals surface area contributed by atoms with Crippen LogP contribution < -0.4 is 10.1 Å². The van der Waals surface area contributed by atoms with E-state index >= 15 is 0 Å². The molecule has 2 rings (SSSR count). The predicted molar refractivity (Wildman–Crippen MR) is 74.5 cm³/mol. The summed E-state index contributed by atoms with van der Waals surface area (Å²) in [7, 11) is 1.44. The number of anilines is 1. The Morgan fingerprint density at radius 2 is 2.21 bits per heavy atom. The summed E-state index contributed by atoms with van der Waals surface area (Å²) in [5.74, 6) is 0.283. The highest BCUT2D eigenvalue weighted by atomic mass is 79.9. The molecule has 0 spiro atoms. The molecule has 2 N–H and O–H groups in total. The molecule has 0 unspecified atom stereocenters. The van der Waals surface area contributed by atoms with Gasteiger partial charge in [-0.15, -0.1) is 0 Å². The molecule has 0 saturated heterocycles. The van der Waals surface area contributed by atoms with Crippen LogP contribution in [-0.4, -0.2) is 23.1 Å². The monoisotopic (exact) mass is 322 g/mol. The lowest BCUT2D eigenvalue weighted by Gasteiger charge is -2.08. The number of nitrogens with zero attached hydrogens (tertiary/aromatic N) is 1. The normalized spacial score (nSPS) is 10.0. The summed E-state index contributed by atoms with van der Waals surface area (Å²) in [5.41, 5.74) is 0.316. The van der Waals surface area contributed by atoms with E-state index in [1.807, 2.05) is 0 Å². The van der Waals surface area contributed by atoms with Crippen molar-refractivity contribution in [3.8, 4) is 11.5 Å². The molecule has 0 radical (unpaired) electrons. The van der Waals surface area contributed by atoms with Gasteiger partial charge in [-0.2, -0.15) is 0 Å². The molecule has 0 bridgehead atoms. The Kier molecular flexibility index (Phi) is 4.01. The highest BCUT2D eigenvalue weighted by molar-refractivity contribution is 9.10. The van der Waals surface area contributed by atoms with Gasteiger partial charge in [-0.25, -0.2) is 4.98 Å². The van der Waals surface area contributed by atoms with Gasteiger partial charge in [-0.3, -0.25) is 4.79 Å². The van der Waals surface area contributed by atoms with Gasteiger partial charge in [-0.1, -0.05) is 0 Å². The number of nitrogens with one attached hydrogen (secondary N) is 1. The number of pyridine rings is 1. The number of aromatic hydroxyl groups is 1. The minimum Gasteiger partial charge on any atom is -0.504 e. The van der Waals surface area contributed by atoms with Crippen LogP contribution in [0.1, 0.15) is 10.4 Å². The van der Waals surface area contributed by atoms with Crippen molar-refractivity contribution in [2.24, 2.45) is 0 Å². The standard InChI is InChI=1S/C13H11BrN2O3/c1-19-11-5-4-8(7-10(11)17)13(18)16-12-9(14)3-2-6-15-12/h2-7,17H,1H3,(H,15,16,18). The van der Waals surface area contributed by atoms with E-state index in [1.54, 1.807) is 24.4 Å². The fourth-order valence-corrected chi connectivity index (χ4v) is 1.84. The fraction of sp³-hybridized carbons (Fsp3) is 0.0769. The second-order valence-electron chi connectivity index (χ2n) is 3.67. The summed E-state index contributed by atoms with van der Waals surface area (Å²) in [4.78, 5) is 16.0. The number of aromatic nitrogens is 1. The molecule has 0 aliphatic rings. The first-order valence-electron chi connectivity index (χ1n) is 5.40. The largest absolute Gasteiger partial charge is 0.504 e. The third-order valence-electron chi connectivity index (χ3n) is 2.43. The molecule has 0 fully saturated rings. The second kappa shape index (κ2) is 5.71. The maximum Gasteiger partial charge on any atom is 0.256 e. The number of phenols is 1. The summed E-state index contributed by atoms with van der Waals surface area (Å²) in [6, 6.07) is 7.94. The molecule has 1 amide bonds. The molecule has 0 saturated carbocycles. The van der Waals surface area contributed by atoms with Gasteiger partial charge in [0.15, 0.2) is 11.5 Å². The van der Waals surface area contributed by atoms with Crippen LogP contribution >= 0.6 is 15.9 Å². The molecule has 1 heterocycles. The van der Waals surface area contributed by atoms with Crippen molar-refractivity contribution in [1.29, 1.82) is 0 Å². The van der Waals surface area contributed by atoms with E-state index in [1.165, 1.54) is 19.2 Å². The SMILES string of the molecule is COc1ccc(C(=O)Nc2ncccc2Br)cc1O. The van der Waals surface area contributed by atoms with Crippen LogP contribution in [0.4, 0.5) is 5.82 Å². The zero-order valence-electron chi connectivity index (χ0n) is 10.1. The molecule has 0 atom stereocenters. The van der Waals surface area contributed by atoms with Crippen LogP contribution in [0.3, 0.4) is 0 Å². The number of carbonyl (C=O) groups is 1. The van der Waals surface area contributed by atoms with Crippen molar-refractivity contribution >= 4 is 27.7 Å². The molecule has 5 nitrogen and oxygen atoms in total. The van der Waals surface area contributed by atoms with Crippen molar-refractivity contribution in [1.82, 2.24) is 4.98 Å². The van der Waals surface area contributed by atoms with E-state index in [0.29, 0.717) is 21.6 Å². The molecule has 6 heteroatoms. The van der Waals surface area contributed by atoms with Gasteiger partial charge in [0.25, 0.3) is 5.91 Å². The number of amides is 1. The van der Waals surface area contributed by atoms with Crippen molar-refractivity contribution in [3.63, 3.8) is 0 Å². The Morgan fingerprint density at radius 3 is 2.84 bits per heavy atom. The summed E-state index contributed by atoms with van der Waals surface area (Å²) >= 11 is 3.29. The molecule has 1 aromatic carbocycles. The van der Waals surface area contributed by atoms with Gasteiger partial charge in [0, 0.05) is 11.8 Å². The van der Waals surface area contributed by atoms with Gasteiger partial charge in [0.1, 0.15) is 5.82 Å². The lowest BCUT2D eigenvalue weighted by atomic mass is 10.2. The number of rotatable bonds is 3. The third-order valence-corrected chi connectivity index (χ3v) is 3.07. The summed E-state index contributed by atoms with van der Waals surface area (Å²) < 4.78 is 5.60. The average molecular weight is 323 g/mol. The Labute approximate surface area is 118 Å². The molecule has 19 heavy (non-hydrogen) atoms. The van der Waals surface area contributed by atoms with E-state index in [4.69, 9.17) is 4.74 Å². The summed E-state index contributed by atoms with van der Waals surface area (Å²) in [6.07, 6.45) is 1.58. The van der Waals surface area contributed by atoms with Crippen LogP contribution in [0.2, 0.25) is 0 Å².